The van der Waals surface area contributed by atoms with E-state index in [9.17, 15) is 0 Å². The van der Waals surface area contributed by atoms with E-state index in [0.29, 0.717) is 0 Å². The maximum absolute atomic E-state index is 6.63. The Morgan fingerprint density at radius 2 is 0.746 bits per heavy atom. The standard InChI is InChI=1S/C60H39NOS/c1-3-13-40(14-4-1)42-25-31-48(32-26-42)61(49-33-27-43(28-34-49)41-15-5-2-6-16-41)50-35-29-44(30-36-50)45-37-46(51-19-11-21-55-53-17-7-9-23-57(53)62-59(51)55)39-47(38-45)52-20-12-22-56-54-18-8-10-24-58(54)63-60(52)56/h1-39H. The first-order valence-corrected chi connectivity index (χ1v) is 22.2. The topological polar surface area (TPSA) is 16.4 Å². The van der Waals surface area contributed by atoms with Gasteiger partial charge in [0.1, 0.15) is 11.2 Å². The molecule has 2 aromatic heterocycles. The monoisotopic (exact) mass is 821 g/mol. The van der Waals surface area contributed by atoms with E-state index in [0.717, 1.165) is 61.3 Å². The number of anilines is 3. The smallest absolute Gasteiger partial charge is 0.143 e. The lowest BCUT2D eigenvalue weighted by molar-refractivity contribution is 0.670. The molecule has 2 nitrogen and oxygen atoms in total. The van der Waals surface area contributed by atoms with Crippen LogP contribution in [0.5, 0.6) is 0 Å². The molecule has 0 aliphatic heterocycles. The average Bonchev–Trinajstić information content (AvgIpc) is 3.94. The first-order chi connectivity index (χ1) is 31.2. The van der Waals surface area contributed by atoms with Gasteiger partial charge in [0.05, 0.1) is 0 Å². The third-order valence-corrected chi connectivity index (χ3v) is 13.5. The number of hydrogen-bond donors (Lipinski definition) is 0. The molecule has 0 atom stereocenters. The summed E-state index contributed by atoms with van der Waals surface area (Å²) >= 11 is 1.87. The van der Waals surface area contributed by atoms with Crippen LogP contribution in [0.4, 0.5) is 17.1 Å². The van der Waals surface area contributed by atoms with Gasteiger partial charge in [0.25, 0.3) is 0 Å². The average molecular weight is 822 g/mol. The van der Waals surface area contributed by atoms with Gasteiger partial charge in [-0.15, -0.1) is 11.3 Å². The summed E-state index contributed by atoms with van der Waals surface area (Å²) in [6.07, 6.45) is 0. The fourth-order valence-corrected chi connectivity index (χ4v) is 10.4. The lowest BCUT2D eigenvalue weighted by atomic mass is 9.92. The second kappa shape index (κ2) is 15.5. The lowest BCUT2D eigenvalue weighted by Crippen LogP contribution is -2.09. The second-order valence-electron chi connectivity index (χ2n) is 16.1. The summed E-state index contributed by atoms with van der Waals surface area (Å²) in [6.45, 7) is 0. The van der Waals surface area contributed by atoms with Gasteiger partial charge in [0.15, 0.2) is 0 Å². The highest BCUT2D eigenvalue weighted by Gasteiger charge is 2.18. The van der Waals surface area contributed by atoms with E-state index in [4.69, 9.17) is 4.42 Å². The van der Waals surface area contributed by atoms with E-state index in [1.54, 1.807) is 0 Å². The van der Waals surface area contributed by atoms with Crippen LogP contribution >= 0.6 is 11.3 Å². The van der Waals surface area contributed by atoms with Crippen molar-refractivity contribution in [1.29, 1.82) is 0 Å². The van der Waals surface area contributed by atoms with Crippen LogP contribution in [0.15, 0.2) is 241 Å². The van der Waals surface area contributed by atoms with Crippen molar-refractivity contribution in [2.75, 3.05) is 4.90 Å². The van der Waals surface area contributed by atoms with Crippen molar-refractivity contribution in [3.63, 3.8) is 0 Å². The van der Waals surface area contributed by atoms with Crippen molar-refractivity contribution < 1.29 is 4.42 Å². The van der Waals surface area contributed by atoms with Gasteiger partial charge >= 0.3 is 0 Å². The van der Waals surface area contributed by atoms with Gasteiger partial charge in [-0.05, 0) is 117 Å². The van der Waals surface area contributed by atoms with Crippen molar-refractivity contribution in [2.45, 2.75) is 0 Å². The van der Waals surface area contributed by atoms with E-state index in [2.05, 4.69) is 235 Å². The molecule has 0 bridgehead atoms. The van der Waals surface area contributed by atoms with E-state index in [-0.39, 0.29) is 0 Å². The van der Waals surface area contributed by atoms with Crippen molar-refractivity contribution in [2.24, 2.45) is 0 Å². The number of benzene rings is 10. The molecule has 0 radical (unpaired) electrons. The number of hydrogen-bond acceptors (Lipinski definition) is 3. The second-order valence-corrected chi connectivity index (χ2v) is 17.1. The van der Waals surface area contributed by atoms with E-state index < -0.39 is 0 Å². The molecule has 12 rings (SSSR count). The van der Waals surface area contributed by atoms with Gasteiger partial charge in [0.2, 0.25) is 0 Å². The normalized spacial score (nSPS) is 11.5. The van der Waals surface area contributed by atoms with Gasteiger partial charge in [-0.2, -0.15) is 0 Å². The van der Waals surface area contributed by atoms with Gasteiger partial charge < -0.3 is 9.32 Å². The molecular formula is C60H39NOS. The molecule has 3 heteroatoms. The van der Waals surface area contributed by atoms with Crippen molar-refractivity contribution in [3.05, 3.63) is 237 Å². The number of rotatable bonds is 8. The zero-order chi connectivity index (χ0) is 41.7. The summed E-state index contributed by atoms with van der Waals surface area (Å²) in [6, 6.07) is 85.3. The number of furan rings is 1. The predicted octanol–water partition coefficient (Wildman–Crippen LogP) is 17.8. The molecule has 0 saturated heterocycles. The molecule has 0 amide bonds. The first kappa shape index (κ1) is 36.8. The van der Waals surface area contributed by atoms with Crippen LogP contribution in [0.25, 0.3) is 97.7 Å². The molecular weight excluding hydrogens is 783 g/mol. The molecule has 0 aliphatic carbocycles. The van der Waals surface area contributed by atoms with E-state index in [1.807, 2.05) is 17.4 Å². The molecule has 0 N–H and O–H groups in total. The molecule has 0 spiro atoms. The van der Waals surface area contributed by atoms with Crippen LogP contribution in [-0.2, 0) is 0 Å². The van der Waals surface area contributed by atoms with Gasteiger partial charge in [-0.1, -0.05) is 170 Å². The largest absolute Gasteiger partial charge is 0.455 e. The van der Waals surface area contributed by atoms with Gasteiger partial charge in [-0.3, -0.25) is 0 Å². The molecule has 0 fully saturated rings. The quantitative estimate of drug-likeness (QED) is 0.152. The third-order valence-electron chi connectivity index (χ3n) is 12.3. The number of para-hydroxylation sites is 2. The molecule has 12 aromatic rings. The maximum Gasteiger partial charge on any atom is 0.143 e. The lowest BCUT2D eigenvalue weighted by Gasteiger charge is -2.26. The highest BCUT2D eigenvalue weighted by Crippen LogP contribution is 2.44. The fraction of sp³-hybridized carbons (Fsp3) is 0. The highest BCUT2D eigenvalue weighted by molar-refractivity contribution is 7.26. The third kappa shape index (κ3) is 6.67. The van der Waals surface area contributed by atoms with E-state index in [1.165, 1.54) is 53.6 Å². The van der Waals surface area contributed by atoms with Crippen molar-refractivity contribution >= 4 is 70.5 Å². The molecule has 2 heterocycles. The van der Waals surface area contributed by atoms with Crippen molar-refractivity contribution in [3.8, 4) is 55.6 Å². The van der Waals surface area contributed by atoms with Crippen molar-refractivity contribution in [1.82, 2.24) is 0 Å². The highest BCUT2D eigenvalue weighted by atomic mass is 32.1. The summed E-state index contributed by atoms with van der Waals surface area (Å²) in [4.78, 5) is 2.35. The van der Waals surface area contributed by atoms with Crippen LogP contribution in [-0.4, -0.2) is 0 Å². The summed E-state index contributed by atoms with van der Waals surface area (Å²) in [5.74, 6) is 0. The minimum Gasteiger partial charge on any atom is -0.455 e. The molecule has 10 aromatic carbocycles. The van der Waals surface area contributed by atoms with Crippen LogP contribution in [0.2, 0.25) is 0 Å². The first-order valence-electron chi connectivity index (χ1n) is 21.4. The zero-order valence-electron chi connectivity index (χ0n) is 34.3. The van der Waals surface area contributed by atoms with Crippen LogP contribution in [0, 0.1) is 0 Å². The number of fused-ring (bicyclic) bond motifs is 6. The Balaban J connectivity index is 0.994. The number of thiophene rings is 1. The summed E-state index contributed by atoms with van der Waals surface area (Å²) in [7, 11) is 0. The fourth-order valence-electron chi connectivity index (χ4n) is 9.17. The predicted molar refractivity (Wildman–Crippen MR) is 268 cm³/mol. The van der Waals surface area contributed by atoms with E-state index >= 15 is 0 Å². The Kier molecular flexibility index (Phi) is 9.06. The van der Waals surface area contributed by atoms with Gasteiger partial charge in [-0.25, -0.2) is 0 Å². The summed E-state index contributed by atoms with van der Waals surface area (Å²) < 4.78 is 9.22. The SMILES string of the molecule is c1ccc(-c2ccc(N(c3ccc(-c4ccccc4)cc3)c3ccc(-c4cc(-c5cccc6c5oc5ccccc56)cc(-c5cccc6c5sc5ccccc56)c4)cc3)cc2)cc1. The van der Waals surface area contributed by atoms with Crippen LogP contribution in [0.1, 0.15) is 0 Å². The van der Waals surface area contributed by atoms with Crippen LogP contribution in [0.3, 0.4) is 0 Å². The minimum atomic E-state index is 0.899. The molecule has 0 saturated carbocycles. The maximum atomic E-state index is 6.63. The Morgan fingerprint density at radius 1 is 0.302 bits per heavy atom. The van der Waals surface area contributed by atoms with Gasteiger partial charge in [0, 0.05) is 53.6 Å². The molecule has 0 unspecified atom stereocenters. The molecule has 0 aliphatic rings. The minimum absolute atomic E-state index is 0.899. The van der Waals surface area contributed by atoms with Crippen LogP contribution < -0.4 is 4.90 Å². The Morgan fingerprint density at radius 3 is 1.37 bits per heavy atom. The Labute approximate surface area is 370 Å². The zero-order valence-corrected chi connectivity index (χ0v) is 35.1. The number of nitrogens with zero attached hydrogens (tertiary/aromatic N) is 1. The summed E-state index contributed by atoms with van der Waals surface area (Å²) in [5.41, 5.74) is 16.7. The summed E-state index contributed by atoms with van der Waals surface area (Å²) in [5, 5.41) is 4.84. The molecule has 63 heavy (non-hydrogen) atoms. The Hall–Kier alpha value is -7.98. The molecule has 296 valence electrons. The Bertz CT molecular complexity index is 3370.